The zero-order valence-corrected chi connectivity index (χ0v) is 17.9. The van der Waals surface area contributed by atoms with E-state index in [1.165, 1.54) is 6.08 Å². The maximum atomic E-state index is 13.0. The number of aromatic nitrogens is 1. The van der Waals surface area contributed by atoms with Crippen LogP contribution >= 0.6 is 15.9 Å². The third kappa shape index (κ3) is 3.48. The number of urea groups is 1. The van der Waals surface area contributed by atoms with Crippen LogP contribution in [0.25, 0.3) is 11.8 Å². The molecule has 1 N–H and O–H groups in total. The number of nitrogens with zero attached hydrogens (tertiary/aromatic N) is 2. The molecule has 1 fully saturated rings. The lowest BCUT2D eigenvalue weighted by Gasteiger charge is -2.26. The molecule has 4 rings (SSSR count). The Labute approximate surface area is 181 Å². The zero-order chi connectivity index (χ0) is 21.4. The molecule has 6 nitrogen and oxygen atoms in total. The first-order valence-corrected chi connectivity index (χ1v) is 10.1. The molecule has 0 aliphatic carbocycles. The van der Waals surface area contributed by atoms with Crippen molar-refractivity contribution in [1.29, 1.82) is 0 Å². The average molecular weight is 464 g/mol. The number of benzene rings is 2. The Morgan fingerprint density at radius 3 is 2.23 bits per heavy atom. The summed E-state index contributed by atoms with van der Waals surface area (Å²) in [5.74, 6) is -1.35. The number of anilines is 1. The van der Waals surface area contributed by atoms with Gasteiger partial charge in [-0.1, -0.05) is 34.1 Å². The van der Waals surface area contributed by atoms with Crippen molar-refractivity contribution in [3.63, 3.8) is 0 Å². The monoisotopic (exact) mass is 463 g/mol. The lowest BCUT2D eigenvalue weighted by atomic mass is 10.1. The fourth-order valence-corrected chi connectivity index (χ4v) is 3.81. The summed E-state index contributed by atoms with van der Waals surface area (Å²) in [6, 6.07) is 17.5. The number of halogens is 1. The number of para-hydroxylation sites is 1. The summed E-state index contributed by atoms with van der Waals surface area (Å²) in [5, 5.41) is 2.25. The quantitative estimate of drug-likeness (QED) is 0.458. The van der Waals surface area contributed by atoms with Gasteiger partial charge < -0.3 is 4.57 Å². The van der Waals surface area contributed by atoms with Crippen LogP contribution in [-0.4, -0.2) is 22.4 Å². The van der Waals surface area contributed by atoms with Crippen LogP contribution in [0.2, 0.25) is 0 Å². The molecule has 2 heterocycles. The minimum atomic E-state index is -0.756. The van der Waals surface area contributed by atoms with Crippen LogP contribution in [0.4, 0.5) is 10.5 Å². The summed E-state index contributed by atoms with van der Waals surface area (Å²) >= 11 is 3.44. The molecule has 30 heavy (non-hydrogen) atoms. The molecule has 3 aromatic rings. The highest BCUT2D eigenvalue weighted by molar-refractivity contribution is 9.10. The summed E-state index contributed by atoms with van der Waals surface area (Å²) in [4.78, 5) is 38.7. The Kier molecular flexibility index (Phi) is 5.13. The minimum Gasteiger partial charge on any atom is -0.318 e. The van der Waals surface area contributed by atoms with Gasteiger partial charge in [0.25, 0.3) is 11.8 Å². The lowest BCUT2D eigenvalue weighted by Crippen LogP contribution is -2.54. The van der Waals surface area contributed by atoms with E-state index in [1.807, 2.05) is 48.7 Å². The van der Waals surface area contributed by atoms with Crippen molar-refractivity contribution >= 4 is 45.5 Å². The van der Waals surface area contributed by atoms with Crippen molar-refractivity contribution in [3.8, 4) is 5.69 Å². The van der Waals surface area contributed by atoms with E-state index in [4.69, 9.17) is 0 Å². The predicted octanol–water partition coefficient (Wildman–Crippen LogP) is 4.52. The van der Waals surface area contributed by atoms with Gasteiger partial charge in [-0.05, 0) is 68.0 Å². The SMILES string of the molecule is Cc1cc(/C=C2/C(=O)NC(=O)N(c3ccccc3)C2=O)c(C)n1-c1ccc(Br)cc1. The van der Waals surface area contributed by atoms with Gasteiger partial charge in [-0.2, -0.15) is 0 Å². The summed E-state index contributed by atoms with van der Waals surface area (Å²) < 4.78 is 3.02. The molecule has 0 spiro atoms. The molecule has 150 valence electrons. The largest absolute Gasteiger partial charge is 0.335 e. The fraction of sp³-hybridized carbons (Fsp3) is 0.0870. The van der Waals surface area contributed by atoms with E-state index in [0.717, 1.165) is 32.0 Å². The fourth-order valence-electron chi connectivity index (χ4n) is 3.55. The van der Waals surface area contributed by atoms with Crippen LogP contribution in [0.3, 0.4) is 0 Å². The van der Waals surface area contributed by atoms with Crippen molar-refractivity contribution < 1.29 is 14.4 Å². The van der Waals surface area contributed by atoms with E-state index < -0.39 is 17.8 Å². The molecule has 7 heteroatoms. The van der Waals surface area contributed by atoms with Crippen molar-refractivity contribution in [3.05, 3.63) is 87.7 Å². The molecule has 0 saturated carbocycles. The molecule has 1 aliphatic heterocycles. The van der Waals surface area contributed by atoms with Crippen molar-refractivity contribution in [1.82, 2.24) is 9.88 Å². The van der Waals surface area contributed by atoms with E-state index in [-0.39, 0.29) is 5.57 Å². The highest BCUT2D eigenvalue weighted by Gasteiger charge is 2.36. The van der Waals surface area contributed by atoms with E-state index in [9.17, 15) is 14.4 Å². The number of hydrogen-bond acceptors (Lipinski definition) is 3. The Morgan fingerprint density at radius 1 is 0.900 bits per heavy atom. The maximum Gasteiger partial charge on any atom is 0.335 e. The normalized spacial score (nSPS) is 15.6. The molecule has 1 saturated heterocycles. The van der Waals surface area contributed by atoms with Gasteiger partial charge in [0.15, 0.2) is 0 Å². The minimum absolute atomic E-state index is 0.0884. The molecule has 0 bridgehead atoms. The Bertz CT molecular complexity index is 1190. The number of carbonyl (C=O) groups is 3. The van der Waals surface area contributed by atoms with Gasteiger partial charge in [0.2, 0.25) is 0 Å². The number of imide groups is 2. The molecule has 0 radical (unpaired) electrons. The predicted molar refractivity (Wildman–Crippen MR) is 118 cm³/mol. The molecule has 2 aromatic carbocycles. The standard InChI is InChI=1S/C23H18BrN3O3/c1-14-12-16(15(2)26(14)19-10-8-17(24)9-11-19)13-20-21(28)25-23(30)27(22(20)29)18-6-4-3-5-7-18/h3-13H,1-2H3,(H,25,28,30)/b20-13-. The van der Waals surface area contributed by atoms with Gasteiger partial charge in [-0.15, -0.1) is 0 Å². The van der Waals surface area contributed by atoms with Crippen LogP contribution in [-0.2, 0) is 9.59 Å². The first kappa shape index (κ1) is 19.8. The molecule has 1 aliphatic rings. The van der Waals surface area contributed by atoms with Crippen LogP contribution in [0.5, 0.6) is 0 Å². The van der Waals surface area contributed by atoms with E-state index >= 15 is 0 Å². The molecule has 1 aromatic heterocycles. The van der Waals surface area contributed by atoms with Crippen molar-refractivity contribution in [2.24, 2.45) is 0 Å². The van der Waals surface area contributed by atoms with Crippen LogP contribution in [0.15, 0.2) is 70.7 Å². The van der Waals surface area contributed by atoms with E-state index in [0.29, 0.717) is 5.69 Å². The second-order valence-electron chi connectivity index (χ2n) is 6.93. The molecule has 4 amide bonds. The average Bonchev–Trinajstić information content (AvgIpc) is 3.00. The van der Waals surface area contributed by atoms with E-state index in [2.05, 4.69) is 21.2 Å². The van der Waals surface area contributed by atoms with Gasteiger partial charge >= 0.3 is 6.03 Å². The highest BCUT2D eigenvalue weighted by Crippen LogP contribution is 2.26. The first-order chi connectivity index (χ1) is 14.4. The van der Waals surface area contributed by atoms with Gasteiger partial charge in [0, 0.05) is 21.5 Å². The smallest absolute Gasteiger partial charge is 0.318 e. The first-order valence-electron chi connectivity index (χ1n) is 9.28. The summed E-state index contributed by atoms with van der Waals surface area (Å²) in [7, 11) is 0. The van der Waals surface area contributed by atoms with Gasteiger partial charge in [-0.3, -0.25) is 14.9 Å². The number of rotatable bonds is 3. The number of nitrogens with one attached hydrogen (secondary N) is 1. The third-order valence-electron chi connectivity index (χ3n) is 4.97. The summed E-state index contributed by atoms with van der Waals surface area (Å²) in [6.07, 6.45) is 1.54. The molecular formula is C23H18BrN3O3. The summed E-state index contributed by atoms with van der Waals surface area (Å²) in [6.45, 7) is 3.88. The molecule has 0 atom stereocenters. The zero-order valence-electron chi connectivity index (χ0n) is 16.3. The lowest BCUT2D eigenvalue weighted by molar-refractivity contribution is -0.122. The summed E-state index contributed by atoms with van der Waals surface area (Å²) in [5.41, 5.74) is 3.86. The number of barbiturate groups is 1. The maximum absolute atomic E-state index is 13.0. The topological polar surface area (TPSA) is 71.4 Å². The highest BCUT2D eigenvalue weighted by atomic mass is 79.9. The Balaban J connectivity index is 1.76. The van der Waals surface area contributed by atoms with Gasteiger partial charge in [-0.25, -0.2) is 9.69 Å². The Hall–Kier alpha value is -3.45. The van der Waals surface area contributed by atoms with Crippen molar-refractivity contribution in [2.45, 2.75) is 13.8 Å². The van der Waals surface area contributed by atoms with Crippen molar-refractivity contribution in [2.75, 3.05) is 4.90 Å². The van der Waals surface area contributed by atoms with Gasteiger partial charge in [0.1, 0.15) is 5.57 Å². The van der Waals surface area contributed by atoms with Crippen LogP contribution in [0, 0.1) is 13.8 Å². The van der Waals surface area contributed by atoms with Crippen LogP contribution in [0.1, 0.15) is 17.0 Å². The van der Waals surface area contributed by atoms with E-state index in [1.54, 1.807) is 30.3 Å². The second kappa shape index (κ2) is 7.76. The number of amides is 4. The number of carbonyl (C=O) groups excluding carboxylic acids is 3. The molecular weight excluding hydrogens is 446 g/mol. The van der Waals surface area contributed by atoms with Gasteiger partial charge in [0.05, 0.1) is 5.69 Å². The third-order valence-corrected chi connectivity index (χ3v) is 5.50. The second-order valence-corrected chi connectivity index (χ2v) is 7.85. The number of aryl methyl sites for hydroxylation is 1. The Morgan fingerprint density at radius 2 is 1.57 bits per heavy atom. The molecule has 0 unspecified atom stereocenters. The number of hydrogen-bond donors (Lipinski definition) is 1. The van der Waals surface area contributed by atoms with Crippen LogP contribution < -0.4 is 10.2 Å².